The Balaban J connectivity index is 1.59. The minimum absolute atomic E-state index is 0.0701. The number of amides is 1. The number of rotatable bonds is 3. The molecule has 0 N–H and O–H groups in total. The molecule has 1 saturated heterocycles. The van der Waals surface area contributed by atoms with Gasteiger partial charge in [-0.05, 0) is 54.8 Å². The van der Waals surface area contributed by atoms with E-state index in [1.165, 1.54) is 28.9 Å². The van der Waals surface area contributed by atoms with E-state index >= 15 is 0 Å². The molecule has 1 heterocycles. The fraction of sp³-hybridized carbons (Fsp3) is 0.350. The lowest BCUT2D eigenvalue weighted by atomic mass is 10.1. The van der Waals surface area contributed by atoms with E-state index in [0.29, 0.717) is 13.1 Å². The Morgan fingerprint density at radius 1 is 1.00 bits per heavy atom. The van der Waals surface area contributed by atoms with Gasteiger partial charge in [-0.25, -0.2) is 4.39 Å². The molecule has 3 rings (SSSR count). The summed E-state index contributed by atoms with van der Waals surface area (Å²) in [4.78, 5) is 16.6. The summed E-state index contributed by atoms with van der Waals surface area (Å²) in [5.74, 6) is -0.222. The van der Waals surface area contributed by atoms with Gasteiger partial charge in [-0.3, -0.25) is 4.79 Å². The summed E-state index contributed by atoms with van der Waals surface area (Å²) >= 11 is 0. The summed E-state index contributed by atoms with van der Waals surface area (Å²) in [6.07, 6.45) is 0.265. The summed E-state index contributed by atoms with van der Waals surface area (Å²) in [6, 6.07) is 12.8. The van der Waals surface area contributed by atoms with Crippen molar-refractivity contribution in [1.82, 2.24) is 4.90 Å². The molecule has 1 aliphatic rings. The Morgan fingerprint density at radius 3 is 2.29 bits per heavy atom. The number of piperazine rings is 1. The number of benzene rings is 2. The first-order chi connectivity index (χ1) is 11.5. The number of hydrogen-bond acceptors (Lipinski definition) is 2. The Hall–Kier alpha value is -2.36. The summed E-state index contributed by atoms with van der Waals surface area (Å²) < 4.78 is 13.2. The average molecular weight is 326 g/mol. The van der Waals surface area contributed by atoms with E-state index < -0.39 is 0 Å². The van der Waals surface area contributed by atoms with E-state index in [0.717, 1.165) is 18.7 Å². The van der Waals surface area contributed by atoms with Gasteiger partial charge >= 0.3 is 0 Å². The molecule has 3 nitrogen and oxygen atoms in total. The highest BCUT2D eigenvalue weighted by atomic mass is 19.1. The van der Waals surface area contributed by atoms with Crippen LogP contribution in [-0.2, 0) is 11.2 Å². The molecule has 4 heteroatoms. The second kappa shape index (κ2) is 7.04. The Labute approximate surface area is 142 Å². The summed E-state index contributed by atoms with van der Waals surface area (Å²) in [7, 11) is 0. The Kier molecular flexibility index (Phi) is 4.84. The number of carbonyl (C=O) groups is 1. The molecule has 0 saturated carbocycles. The molecule has 1 aliphatic heterocycles. The van der Waals surface area contributed by atoms with Gasteiger partial charge in [-0.15, -0.1) is 0 Å². The van der Waals surface area contributed by atoms with Gasteiger partial charge in [0.15, 0.2) is 0 Å². The van der Waals surface area contributed by atoms with Crippen molar-refractivity contribution in [2.24, 2.45) is 0 Å². The number of aryl methyl sites for hydroxylation is 2. The standard InChI is InChI=1S/C20H23FN2O/c1-15-10-16(2)12-19(11-15)22-6-8-23(9-7-22)20(24)14-17-4-3-5-18(21)13-17/h3-5,10-13H,6-9,14H2,1-2H3. The van der Waals surface area contributed by atoms with E-state index in [9.17, 15) is 9.18 Å². The molecule has 0 radical (unpaired) electrons. The van der Waals surface area contributed by atoms with Crippen molar-refractivity contribution in [3.8, 4) is 0 Å². The SMILES string of the molecule is Cc1cc(C)cc(N2CCN(C(=O)Cc3cccc(F)c3)CC2)c1. The molecular formula is C20H23FN2O. The second-order valence-electron chi connectivity index (χ2n) is 6.52. The summed E-state index contributed by atoms with van der Waals surface area (Å²) in [5.41, 5.74) is 4.48. The molecule has 126 valence electrons. The zero-order valence-corrected chi connectivity index (χ0v) is 14.3. The molecule has 24 heavy (non-hydrogen) atoms. The van der Waals surface area contributed by atoms with E-state index in [1.807, 2.05) is 4.90 Å². The van der Waals surface area contributed by atoms with Crippen LogP contribution >= 0.6 is 0 Å². The second-order valence-corrected chi connectivity index (χ2v) is 6.52. The molecule has 2 aromatic carbocycles. The lowest BCUT2D eigenvalue weighted by Crippen LogP contribution is -2.49. The van der Waals surface area contributed by atoms with Crippen molar-refractivity contribution in [3.63, 3.8) is 0 Å². The fourth-order valence-electron chi connectivity index (χ4n) is 3.28. The molecule has 0 atom stereocenters. The van der Waals surface area contributed by atoms with Crippen LogP contribution in [0.5, 0.6) is 0 Å². The molecule has 2 aromatic rings. The third-order valence-electron chi connectivity index (χ3n) is 4.45. The largest absolute Gasteiger partial charge is 0.368 e. The molecule has 0 unspecified atom stereocenters. The first kappa shape index (κ1) is 16.5. The van der Waals surface area contributed by atoms with Crippen LogP contribution in [0.4, 0.5) is 10.1 Å². The molecule has 1 fully saturated rings. The van der Waals surface area contributed by atoms with Crippen LogP contribution in [0.3, 0.4) is 0 Å². The third-order valence-corrected chi connectivity index (χ3v) is 4.45. The maximum atomic E-state index is 13.2. The monoisotopic (exact) mass is 326 g/mol. The number of anilines is 1. The molecule has 0 aromatic heterocycles. The van der Waals surface area contributed by atoms with Gasteiger partial charge in [0.25, 0.3) is 0 Å². The normalized spacial score (nSPS) is 14.8. The smallest absolute Gasteiger partial charge is 0.227 e. The minimum atomic E-state index is -0.292. The molecular weight excluding hydrogens is 303 g/mol. The predicted octanol–water partition coefficient (Wildman–Crippen LogP) is 3.33. The average Bonchev–Trinajstić information content (AvgIpc) is 2.54. The zero-order valence-electron chi connectivity index (χ0n) is 14.3. The number of nitrogens with zero attached hydrogens (tertiary/aromatic N) is 2. The van der Waals surface area contributed by atoms with Gasteiger partial charge < -0.3 is 9.80 Å². The van der Waals surface area contributed by atoms with Crippen LogP contribution in [0.2, 0.25) is 0 Å². The van der Waals surface area contributed by atoms with E-state index in [1.54, 1.807) is 12.1 Å². The first-order valence-electron chi connectivity index (χ1n) is 8.37. The highest BCUT2D eigenvalue weighted by molar-refractivity contribution is 5.79. The Morgan fingerprint density at radius 2 is 1.67 bits per heavy atom. The highest BCUT2D eigenvalue weighted by Gasteiger charge is 2.21. The van der Waals surface area contributed by atoms with Gasteiger partial charge in [0.2, 0.25) is 5.91 Å². The van der Waals surface area contributed by atoms with Crippen LogP contribution in [-0.4, -0.2) is 37.0 Å². The van der Waals surface area contributed by atoms with Crippen molar-refractivity contribution < 1.29 is 9.18 Å². The van der Waals surface area contributed by atoms with Crippen LogP contribution in [0, 0.1) is 19.7 Å². The maximum Gasteiger partial charge on any atom is 0.227 e. The zero-order chi connectivity index (χ0) is 17.1. The quantitative estimate of drug-likeness (QED) is 0.864. The van der Waals surface area contributed by atoms with Crippen LogP contribution in [0.1, 0.15) is 16.7 Å². The lowest BCUT2D eigenvalue weighted by molar-refractivity contribution is -0.130. The van der Waals surface area contributed by atoms with Crippen LogP contribution in [0.25, 0.3) is 0 Å². The molecule has 0 spiro atoms. The number of carbonyl (C=O) groups excluding carboxylic acids is 1. The third kappa shape index (κ3) is 3.94. The molecule has 1 amide bonds. The van der Waals surface area contributed by atoms with Crippen LogP contribution < -0.4 is 4.90 Å². The topological polar surface area (TPSA) is 23.6 Å². The van der Waals surface area contributed by atoms with E-state index in [4.69, 9.17) is 0 Å². The van der Waals surface area contributed by atoms with Crippen molar-refractivity contribution in [3.05, 3.63) is 65.0 Å². The lowest BCUT2D eigenvalue weighted by Gasteiger charge is -2.36. The summed E-state index contributed by atoms with van der Waals surface area (Å²) in [5, 5.41) is 0. The number of hydrogen-bond donors (Lipinski definition) is 0. The predicted molar refractivity (Wildman–Crippen MR) is 94.8 cm³/mol. The van der Waals surface area contributed by atoms with Crippen molar-refractivity contribution in [2.75, 3.05) is 31.1 Å². The summed E-state index contributed by atoms with van der Waals surface area (Å²) in [6.45, 7) is 7.29. The Bertz CT molecular complexity index is 716. The van der Waals surface area contributed by atoms with Gasteiger partial charge in [-0.1, -0.05) is 18.2 Å². The van der Waals surface area contributed by atoms with Gasteiger partial charge in [0.05, 0.1) is 6.42 Å². The number of halogens is 1. The minimum Gasteiger partial charge on any atom is -0.368 e. The maximum absolute atomic E-state index is 13.2. The van der Waals surface area contributed by atoms with E-state index in [-0.39, 0.29) is 18.1 Å². The molecule has 0 bridgehead atoms. The highest BCUT2D eigenvalue weighted by Crippen LogP contribution is 2.20. The van der Waals surface area contributed by atoms with Crippen molar-refractivity contribution in [2.45, 2.75) is 20.3 Å². The van der Waals surface area contributed by atoms with Gasteiger partial charge in [0, 0.05) is 31.9 Å². The van der Waals surface area contributed by atoms with Crippen molar-refractivity contribution >= 4 is 11.6 Å². The molecule has 0 aliphatic carbocycles. The van der Waals surface area contributed by atoms with Gasteiger partial charge in [-0.2, -0.15) is 0 Å². The van der Waals surface area contributed by atoms with E-state index in [2.05, 4.69) is 36.9 Å². The van der Waals surface area contributed by atoms with Crippen molar-refractivity contribution in [1.29, 1.82) is 0 Å². The van der Waals surface area contributed by atoms with Gasteiger partial charge in [0.1, 0.15) is 5.82 Å². The van der Waals surface area contributed by atoms with Crippen LogP contribution in [0.15, 0.2) is 42.5 Å². The fourth-order valence-corrected chi connectivity index (χ4v) is 3.28. The first-order valence-corrected chi connectivity index (χ1v) is 8.37.